The molecule has 0 aliphatic carbocycles. The summed E-state index contributed by atoms with van der Waals surface area (Å²) >= 11 is 0. The van der Waals surface area contributed by atoms with Gasteiger partial charge in [0.25, 0.3) is 0 Å². The Bertz CT molecular complexity index is 821. The summed E-state index contributed by atoms with van der Waals surface area (Å²) in [6.45, 7) is 0.234. The molecule has 0 aliphatic rings. The molecule has 118 valence electrons. The molecule has 0 unspecified atom stereocenters. The van der Waals surface area contributed by atoms with E-state index in [1.54, 1.807) is 12.1 Å². The molecule has 23 heavy (non-hydrogen) atoms. The largest absolute Gasteiger partial charge is 0.467 e. The molecule has 1 amide bonds. The number of hydrogen-bond donors (Lipinski definition) is 1. The first-order chi connectivity index (χ1) is 11.1. The summed E-state index contributed by atoms with van der Waals surface area (Å²) in [4.78, 5) is 25.7. The lowest BCUT2D eigenvalue weighted by molar-refractivity contribution is -0.389. The van der Waals surface area contributed by atoms with Crippen molar-refractivity contribution in [3.8, 4) is 0 Å². The van der Waals surface area contributed by atoms with Crippen molar-refractivity contribution in [2.45, 2.75) is 13.1 Å². The van der Waals surface area contributed by atoms with E-state index < -0.39 is 10.8 Å². The average Bonchev–Trinajstić information content (AvgIpc) is 3.27. The van der Waals surface area contributed by atoms with Crippen molar-refractivity contribution in [2.24, 2.45) is 0 Å². The first kappa shape index (κ1) is 14.4. The lowest BCUT2D eigenvalue weighted by atomic mass is 10.4. The highest BCUT2D eigenvalue weighted by Crippen LogP contribution is 2.07. The van der Waals surface area contributed by atoms with E-state index in [2.05, 4.69) is 20.6 Å². The Morgan fingerprint density at radius 3 is 3.00 bits per heavy atom. The molecule has 0 radical (unpaired) electrons. The van der Waals surface area contributed by atoms with Crippen LogP contribution in [0.25, 0.3) is 0 Å². The van der Waals surface area contributed by atoms with Gasteiger partial charge in [-0.3, -0.25) is 4.79 Å². The number of amides is 1. The molecule has 3 aromatic heterocycles. The fourth-order valence-corrected chi connectivity index (χ4v) is 1.75. The van der Waals surface area contributed by atoms with Crippen molar-refractivity contribution in [1.29, 1.82) is 0 Å². The molecule has 0 aromatic carbocycles. The Kier molecular flexibility index (Phi) is 3.82. The molecule has 0 fully saturated rings. The van der Waals surface area contributed by atoms with Gasteiger partial charge in [-0.05, 0) is 17.1 Å². The predicted octanol–water partition coefficient (Wildman–Crippen LogP) is 0.746. The summed E-state index contributed by atoms with van der Waals surface area (Å²) in [5.74, 6) is -0.294. The number of hydrogen-bond acceptors (Lipinski definition) is 8. The normalized spacial score (nSPS) is 10.6. The zero-order valence-electron chi connectivity index (χ0n) is 11.6. The molecule has 0 saturated heterocycles. The SMILES string of the molecule is O=C(NCc1ccco1)c1nc(Cn2ccc([N+](=O)[O-])n2)no1. The smallest absolute Gasteiger partial charge is 0.389 e. The molecule has 3 rings (SSSR count). The van der Waals surface area contributed by atoms with Crippen LogP contribution in [0.4, 0.5) is 5.82 Å². The van der Waals surface area contributed by atoms with Gasteiger partial charge in [0.1, 0.15) is 12.3 Å². The Labute approximate surface area is 128 Å². The zero-order chi connectivity index (χ0) is 16.2. The molecular weight excluding hydrogens is 308 g/mol. The topological polar surface area (TPSA) is 142 Å². The van der Waals surface area contributed by atoms with Gasteiger partial charge < -0.3 is 24.4 Å². The van der Waals surface area contributed by atoms with Crippen molar-refractivity contribution < 1.29 is 18.7 Å². The Morgan fingerprint density at radius 1 is 1.43 bits per heavy atom. The average molecular weight is 318 g/mol. The van der Waals surface area contributed by atoms with E-state index >= 15 is 0 Å². The molecule has 1 N–H and O–H groups in total. The van der Waals surface area contributed by atoms with Crippen LogP contribution in [0.5, 0.6) is 0 Å². The van der Waals surface area contributed by atoms with Crippen LogP contribution in [-0.4, -0.2) is 30.8 Å². The van der Waals surface area contributed by atoms with E-state index in [4.69, 9.17) is 8.94 Å². The zero-order valence-corrected chi connectivity index (χ0v) is 11.6. The molecule has 0 atom stereocenters. The standard InChI is InChI=1S/C12H10N6O5/c19-11(13-6-8-2-1-5-22-8)12-14-9(16-23-12)7-17-4-3-10(15-17)18(20)21/h1-5H,6-7H2,(H,13,19). The summed E-state index contributed by atoms with van der Waals surface area (Å²) in [7, 11) is 0. The van der Waals surface area contributed by atoms with Gasteiger partial charge in [0.2, 0.25) is 0 Å². The second kappa shape index (κ2) is 6.09. The van der Waals surface area contributed by atoms with Gasteiger partial charge in [0, 0.05) is 0 Å². The van der Waals surface area contributed by atoms with E-state index in [-0.39, 0.29) is 30.6 Å². The van der Waals surface area contributed by atoms with E-state index in [0.717, 1.165) is 0 Å². The quantitative estimate of drug-likeness (QED) is 0.518. The van der Waals surface area contributed by atoms with Crippen LogP contribution in [0.1, 0.15) is 22.3 Å². The van der Waals surface area contributed by atoms with Crippen molar-refractivity contribution in [2.75, 3.05) is 0 Å². The number of carbonyl (C=O) groups excluding carboxylic acids is 1. The van der Waals surface area contributed by atoms with Gasteiger partial charge in [0.15, 0.2) is 5.82 Å². The molecule has 11 nitrogen and oxygen atoms in total. The summed E-state index contributed by atoms with van der Waals surface area (Å²) < 4.78 is 11.2. The van der Waals surface area contributed by atoms with Crippen LogP contribution in [0.15, 0.2) is 39.6 Å². The maximum absolute atomic E-state index is 11.8. The number of nitrogens with one attached hydrogen (secondary N) is 1. The predicted molar refractivity (Wildman–Crippen MR) is 72.2 cm³/mol. The minimum Gasteiger partial charge on any atom is -0.467 e. The lowest BCUT2D eigenvalue weighted by Gasteiger charge is -1.97. The van der Waals surface area contributed by atoms with Gasteiger partial charge in [-0.15, -0.1) is 0 Å². The molecule has 0 bridgehead atoms. The minimum absolute atomic E-state index is 0.0444. The first-order valence-corrected chi connectivity index (χ1v) is 6.43. The number of nitro groups is 1. The summed E-state index contributed by atoms with van der Waals surface area (Å²) in [5.41, 5.74) is 0. The second-order valence-corrected chi connectivity index (χ2v) is 4.41. The Balaban J connectivity index is 1.60. The number of aromatic nitrogens is 4. The highest BCUT2D eigenvalue weighted by molar-refractivity contribution is 5.89. The summed E-state index contributed by atoms with van der Waals surface area (Å²) in [6, 6.07) is 4.66. The van der Waals surface area contributed by atoms with Crippen LogP contribution in [0.2, 0.25) is 0 Å². The van der Waals surface area contributed by atoms with Crippen LogP contribution >= 0.6 is 0 Å². The van der Waals surface area contributed by atoms with Gasteiger partial charge in [-0.25, -0.2) is 0 Å². The molecule has 3 aromatic rings. The summed E-state index contributed by atoms with van der Waals surface area (Å²) in [6.07, 6.45) is 2.90. The molecule has 3 heterocycles. The van der Waals surface area contributed by atoms with Gasteiger partial charge >= 0.3 is 17.6 Å². The minimum atomic E-state index is -0.611. The monoisotopic (exact) mass is 318 g/mol. The fraction of sp³-hybridized carbons (Fsp3) is 0.167. The van der Waals surface area contributed by atoms with Crippen LogP contribution in [0, 0.1) is 10.1 Å². The van der Waals surface area contributed by atoms with E-state index in [9.17, 15) is 14.9 Å². The number of furan rings is 1. The number of rotatable bonds is 6. The van der Waals surface area contributed by atoms with Crippen LogP contribution < -0.4 is 5.32 Å². The first-order valence-electron chi connectivity index (χ1n) is 6.43. The lowest BCUT2D eigenvalue weighted by Crippen LogP contribution is -2.22. The Morgan fingerprint density at radius 2 is 2.30 bits per heavy atom. The van der Waals surface area contributed by atoms with Crippen LogP contribution in [0.3, 0.4) is 0 Å². The maximum atomic E-state index is 11.8. The molecular formula is C12H10N6O5. The third-order valence-corrected chi connectivity index (χ3v) is 2.78. The summed E-state index contributed by atoms with van der Waals surface area (Å²) in [5, 5.41) is 20.4. The van der Waals surface area contributed by atoms with E-state index in [1.807, 2.05) is 0 Å². The highest BCUT2D eigenvalue weighted by Gasteiger charge is 2.17. The van der Waals surface area contributed by atoms with Gasteiger partial charge in [0.05, 0.1) is 30.2 Å². The number of nitrogens with zero attached hydrogens (tertiary/aromatic N) is 5. The van der Waals surface area contributed by atoms with E-state index in [1.165, 1.54) is 23.2 Å². The fourth-order valence-electron chi connectivity index (χ4n) is 1.75. The van der Waals surface area contributed by atoms with Crippen molar-refractivity contribution in [3.05, 3.63) is 58.2 Å². The maximum Gasteiger partial charge on any atom is 0.389 e. The van der Waals surface area contributed by atoms with Crippen molar-refractivity contribution in [3.63, 3.8) is 0 Å². The van der Waals surface area contributed by atoms with Crippen LogP contribution in [-0.2, 0) is 13.1 Å². The molecule has 0 saturated carbocycles. The van der Waals surface area contributed by atoms with Gasteiger partial charge in [-0.2, -0.15) is 9.67 Å². The molecule has 0 aliphatic heterocycles. The number of carbonyl (C=O) groups is 1. The third kappa shape index (κ3) is 3.40. The highest BCUT2D eigenvalue weighted by atomic mass is 16.6. The van der Waals surface area contributed by atoms with Gasteiger partial charge in [-0.1, -0.05) is 5.16 Å². The molecule has 0 spiro atoms. The Hall–Kier alpha value is -3.50. The van der Waals surface area contributed by atoms with Crippen molar-refractivity contribution >= 4 is 11.7 Å². The van der Waals surface area contributed by atoms with E-state index in [0.29, 0.717) is 5.76 Å². The second-order valence-electron chi connectivity index (χ2n) is 4.41. The third-order valence-electron chi connectivity index (χ3n) is 2.78. The molecule has 11 heteroatoms. The van der Waals surface area contributed by atoms with Crippen molar-refractivity contribution in [1.82, 2.24) is 25.2 Å².